The third-order valence-corrected chi connectivity index (χ3v) is 5.59. The highest BCUT2D eigenvalue weighted by Gasteiger charge is 2.06. The second-order valence-electron chi connectivity index (χ2n) is 8.98. The fourth-order valence-corrected chi connectivity index (χ4v) is 3.75. The van der Waals surface area contributed by atoms with Gasteiger partial charge in [0.15, 0.2) is 0 Å². The summed E-state index contributed by atoms with van der Waals surface area (Å²) < 4.78 is 31.4. The van der Waals surface area contributed by atoms with Crippen molar-refractivity contribution >= 4 is 32.7 Å². The first-order chi connectivity index (χ1) is 16.6. The first-order valence-electron chi connectivity index (χ1n) is 12.6. The molecule has 0 aliphatic heterocycles. The summed E-state index contributed by atoms with van der Waals surface area (Å²) in [5.41, 5.74) is 6.23. The number of rotatable bonds is 15. The minimum absolute atomic E-state index is 0.0508. The van der Waals surface area contributed by atoms with E-state index in [1.165, 1.54) is 64.2 Å². The molecule has 35 heavy (non-hydrogen) atoms. The summed E-state index contributed by atoms with van der Waals surface area (Å²) in [6.07, 6.45) is 16.6. The monoisotopic (exact) mass is 506 g/mol. The summed E-state index contributed by atoms with van der Waals surface area (Å²) in [7, 11) is -3.67. The molecule has 0 aliphatic rings. The molecular formula is C27H42N2O5S. The summed E-state index contributed by atoms with van der Waals surface area (Å²) in [5.74, 6) is 0.457. The molecule has 0 atom stereocenters. The molecule has 2 rings (SSSR count). The molecule has 0 unspecified atom stereocenters. The molecule has 0 amide bonds. The molecule has 7 nitrogen and oxygen atoms in total. The quantitative estimate of drug-likeness (QED) is 0.0621. The van der Waals surface area contributed by atoms with Crippen LogP contribution in [0.3, 0.4) is 0 Å². The molecule has 4 N–H and O–H groups in total. The molecule has 8 heteroatoms. The fourth-order valence-electron chi connectivity index (χ4n) is 3.75. The number of carbonyl (C=O) groups is 1. The lowest BCUT2D eigenvalue weighted by molar-refractivity contribution is -0.134. The first-order valence-corrected chi connectivity index (χ1v) is 14.5. The normalized spacial score (nSPS) is 11.1. The van der Waals surface area contributed by atoms with Gasteiger partial charge in [0.1, 0.15) is 11.6 Å². The zero-order chi connectivity index (χ0) is 26.1. The number of unbranched alkanes of at least 4 members (excludes halogenated alkanes) is 11. The topological polar surface area (TPSA) is 131 Å². The summed E-state index contributed by atoms with van der Waals surface area (Å²) >= 11 is 0. The molecule has 0 saturated carbocycles. The predicted octanol–water partition coefficient (Wildman–Crippen LogP) is 6.62. The van der Waals surface area contributed by atoms with E-state index in [0.29, 0.717) is 24.0 Å². The van der Waals surface area contributed by atoms with Crippen molar-refractivity contribution in [3.63, 3.8) is 0 Å². The van der Waals surface area contributed by atoms with Crippen molar-refractivity contribution in [3.8, 4) is 5.75 Å². The van der Waals surface area contributed by atoms with Crippen molar-refractivity contribution in [3.05, 3.63) is 42.0 Å². The van der Waals surface area contributed by atoms with Crippen molar-refractivity contribution < 1.29 is 22.5 Å². The molecule has 0 aromatic heterocycles. The molecule has 0 aliphatic carbocycles. The average Bonchev–Trinajstić information content (AvgIpc) is 2.78. The molecule has 196 valence electrons. The van der Waals surface area contributed by atoms with E-state index in [1.54, 1.807) is 6.07 Å². The van der Waals surface area contributed by atoms with E-state index >= 15 is 0 Å². The van der Waals surface area contributed by atoms with Crippen LogP contribution in [0.1, 0.15) is 96.0 Å². The molecular weight excluding hydrogens is 464 g/mol. The van der Waals surface area contributed by atoms with Gasteiger partial charge < -0.3 is 10.5 Å². The summed E-state index contributed by atoms with van der Waals surface area (Å²) in [6.45, 7) is 2.26. The summed E-state index contributed by atoms with van der Waals surface area (Å²) in [4.78, 5) is 12.1. The SMILES string of the molecule is CCCCCCCCCCCCCCC(=O)Oc1ccc2cc(C(=N)N)ccc2c1.CS(=O)(=O)O. The fraction of sp³-hybridized carbons (Fsp3) is 0.556. The Morgan fingerprint density at radius 2 is 1.31 bits per heavy atom. The van der Waals surface area contributed by atoms with E-state index < -0.39 is 10.1 Å². The molecule has 2 aromatic rings. The number of hydrogen-bond acceptors (Lipinski definition) is 5. The highest BCUT2D eigenvalue weighted by molar-refractivity contribution is 7.85. The maximum atomic E-state index is 12.1. The van der Waals surface area contributed by atoms with Crippen molar-refractivity contribution in [2.75, 3.05) is 6.26 Å². The van der Waals surface area contributed by atoms with Gasteiger partial charge in [-0.15, -0.1) is 0 Å². The number of nitrogens with one attached hydrogen (secondary N) is 1. The zero-order valence-corrected chi connectivity index (χ0v) is 22.0. The van der Waals surface area contributed by atoms with Gasteiger partial charge in [0.2, 0.25) is 0 Å². The van der Waals surface area contributed by atoms with Crippen molar-refractivity contribution in [2.45, 2.75) is 90.4 Å². The largest absolute Gasteiger partial charge is 0.427 e. The Morgan fingerprint density at radius 3 is 1.83 bits per heavy atom. The van der Waals surface area contributed by atoms with Crippen LogP contribution < -0.4 is 10.5 Å². The van der Waals surface area contributed by atoms with E-state index in [2.05, 4.69) is 6.92 Å². The Labute approximate surface area is 210 Å². The average molecular weight is 507 g/mol. The van der Waals surface area contributed by atoms with Crippen LogP contribution in [0, 0.1) is 5.41 Å². The number of carbonyl (C=O) groups excluding carboxylic acids is 1. The second-order valence-corrected chi connectivity index (χ2v) is 10.4. The Bertz CT molecular complexity index is 1010. The summed E-state index contributed by atoms with van der Waals surface area (Å²) in [6, 6.07) is 11.1. The van der Waals surface area contributed by atoms with Crippen LogP contribution in [-0.2, 0) is 14.9 Å². The van der Waals surface area contributed by atoms with Gasteiger partial charge in [-0.2, -0.15) is 8.42 Å². The van der Waals surface area contributed by atoms with E-state index in [0.717, 1.165) is 23.6 Å². The molecule has 0 bridgehead atoms. The number of fused-ring (bicyclic) bond motifs is 1. The smallest absolute Gasteiger partial charge is 0.311 e. The molecule has 0 radical (unpaired) electrons. The molecule has 2 aromatic carbocycles. The van der Waals surface area contributed by atoms with Crippen LogP contribution in [0.15, 0.2) is 36.4 Å². The lowest BCUT2D eigenvalue weighted by Gasteiger charge is -2.07. The number of ether oxygens (including phenoxy) is 1. The lowest BCUT2D eigenvalue weighted by atomic mass is 10.0. The Morgan fingerprint density at radius 1 is 0.857 bits per heavy atom. The van der Waals surface area contributed by atoms with Gasteiger partial charge in [0, 0.05) is 12.0 Å². The number of amidine groups is 1. The lowest BCUT2D eigenvalue weighted by Crippen LogP contribution is -2.10. The first kappa shape index (κ1) is 30.6. The molecule has 0 saturated heterocycles. The van der Waals surface area contributed by atoms with Gasteiger partial charge in [-0.3, -0.25) is 14.8 Å². The Balaban J connectivity index is 0.00000111. The van der Waals surface area contributed by atoms with Crippen LogP contribution in [0.5, 0.6) is 5.75 Å². The van der Waals surface area contributed by atoms with E-state index in [1.807, 2.05) is 30.3 Å². The third kappa shape index (κ3) is 16.0. The Kier molecular flexibility index (Phi) is 14.9. The third-order valence-electron chi connectivity index (χ3n) is 5.59. The Hall–Kier alpha value is -2.45. The molecule has 0 heterocycles. The van der Waals surface area contributed by atoms with E-state index in [4.69, 9.17) is 20.4 Å². The minimum atomic E-state index is -3.67. The van der Waals surface area contributed by atoms with Crippen LogP contribution in [0.2, 0.25) is 0 Å². The standard InChI is InChI=1S/C26H38N2O2.CH4O3S/c1-2-3-4-5-6-7-8-9-10-11-12-13-14-25(29)30-24-18-17-21-19-23(26(27)28)16-15-22(21)20-24;1-5(2,3)4/h15-20H,2-14H2,1H3,(H3,27,28);1H3,(H,2,3,4). The van der Waals surface area contributed by atoms with Gasteiger partial charge in [-0.05, 0) is 35.4 Å². The molecule has 0 spiro atoms. The summed E-state index contributed by atoms with van der Waals surface area (Å²) in [5, 5.41) is 9.46. The number of hydrogen-bond donors (Lipinski definition) is 3. The van der Waals surface area contributed by atoms with Gasteiger partial charge in [-0.25, -0.2) is 0 Å². The number of esters is 1. The highest BCUT2D eigenvalue weighted by atomic mass is 32.2. The van der Waals surface area contributed by atoms with Crippen molar-refractivity contribution in [1.82, 2.24) is 0 Å². The zero-order valence-electron chi connectivity index (χ0n) is 21.2. The number of benzene rings is 2. The second kappa shape index (κ2) is 17.1. The number of nitrogen functional groups attached to an aromatic ring is 1. The van der Waals surface area contributed by atoms with Gasteiger partial charge in [0.25, 0.3) is 10.1 Å². The van der Waals surface area contributed by atoms with E-state index in [9.17, 15) is 13.2 Å². The van der Waals surface area contributed by atoms with Crippen molar-refractivity contribution in [2.24, 2.45) is 5.73 Å². The van der Waals surface area contributed by atoms with Crippen LogP contribution in [-0.4, -0.2) is 31.0 Å². The number of nitrogens with two attached hydrogens (primary N) is 1. The maximum absolute atomic E-state index is 12.1. The van der Waals surface area contributed by atoms with Gasteiger partial charge in [-0.1, -0.05) is 95.8 Å². The molecule has 0 fully saturated rings. The predicted molar refractivity (Wildman–Crippen MR) is 144 cm³/mol. The maximum Gasteiger partial charge on any atom is 0.311 e. The van der Waals surface area contributed by atoms with Crippen LogP contribution in [0.4, 0.5) is 0 Å². The minimum Gasteiger partial charge on any atom is -0.427 e. The van der Waals surface area contributed by atoms with E-state index in [-0.39, 0.29) is 11.8 Å². The van der Waals surface area contributed by atoms with Crippen LogP contribution >= 0.6 is 0 Å². The van der Waals surface area contributed by atoms with Gasteiger partial charge >= 0.3 is 5.97 Å². The highest BCUT2D eigenvalue weighted by Crippen LogP contribution is 2.23. The van der Waals surface area contributed by atoms with Crippen molar-refractivity contribution in [1.29, 1.82) is 5.41 Å². The van der Waals surface area contributed by atoms with Gasteiger partial charge in [0.05, 0.1) is 6.26 Å². The van der Waals surface area contributed by atoms with Crippen LogP contribution in [0.25, 0.3) is 10.8 Å².